The molecule has 1 heterocycles. The molecule has 0 saturated heterocycles. The number of hydrogen-bond donors (Lipinski definition) is 1. The van der Waals surface area contributed by atoms with Crippen LogP contribution in [-0.4, -0.2) is 6.21 Å². The molecule has 1 aromatic rings. The van der Waals surface area contributed by atoms with Gasteiger partial charge in [0.1, 0.15) is 0 Å². The Hall–Kier alpha value is -1.61. The number of rotatable bonds is 0. The van der Waals surface area contributed by atoms with E-state index in [-0.39, 0.29) is 0 Å². The molecule has 12 heavy (non-hydrogen) atoms. The van der Waals surface area contributed by atoms with Gasteiger partial charge in [0.05, 0.1) is 5.69 Å². The summed E-state index contributed by atoms with van der Waals surface area (Å²) < 4.78 is 0. The molecule has 0 aliphatic carbocycles. The number of fused-ring (bicyclic) bond motifs is 1. The van der Waals surface area contributed by atoms with Crippen LogP contribution in [0.1, 0.15) is 5.56 Å². The molecule has 1 aliphatic rings. The third kappa shape index (κ3) is 1.10. The van der Waals surface area contributed by atoms with Crippen LogP contribution in [0.15, 0.2) is 35.4 Å². The molecule has 60 valence electrons. The monoisotopic (exact) mass is 159 g/mol. The highest BCUT2D eigenvalue weighted by Gasteiger charge is 2.04. The van der Waals surface area contributed by atoms with E-state index in [0.717, 1.165) is 11.3 Å². The lowest BCUT2D eigenvalue weighted by molar-refractivity contribution is 0.932. The average Bonchev–Trinajstić information content (AvgIpc) is 2.29. The molecule has 0 spiro atoms. The number of anilines is 1. The Kier molecular flexibility index (Phi) is 1.64. The van der Waals surface area contributed by atoms with Crippen molar-refractivity contribution in [2.24, 2.45) is 10.9 Å². The molecule has 2 rings (SSSR count). The Labute approximate surface area is 70.8 Å². The van der Waals surface area contributed by atoms with Crippen molar-refractivity contribution in [3.8, 4) is 0 Å². The minimum atomic E-state index is 0.919. The zero-order chi connectivity index (χ0) is 8.39. The number of benzene rings is 1. The second-order valence-corrected chi connectivity index (χ2v) is 2.53. The van der Waals surface area contributed by atoms with Gasteiger partial charge in [0, 0.05) is 11.8 Å². The molecule has 1 aliphatic heterocycles. The number of hydrazone groups is 1. The maximum Gasteiger partial charge on any atom is 0.0848 e. The van der Waals surface area contributed by atoms with Crippen molar-refractivity contribution in [3.63, 3.8) is 0 Å². The maximum absolute atomic E-state index is 5.64. The summed E-state index contributed by atoms with van der Waals surface area (Å²) in [6.07, 6.45) is 5.51. The quantitative estimate of drug-likeness (QED) is 0.581. The number of hydrogen-bond acceptors (Lipinski definition) is 3. The summed E-state index contributed by atoms with van der Waals surface area (Å²) in [5.74, 6) is 5.64. The smallest absolute Gasteiger partial charge is 0.0848 e. The second-order valence-electron chi connectivity index (χ2n) is 2.53. The SMILES string of the molecule is NN1N=CC=Cc2ccccc21. The molecule has 0 unspecified atom stereocenters. The number of allylic oxidation sites excluding steroid dienone is 1. The molecule has 0 saturated carbocycles. The highest BCUT2D eigenvalue weighted by atomic mass is 15.6. The fourth-order valence-corrected chi connectivity index (χ4v) is 1.16. The third-order valence-electron chi connectivity index (χ3n) is 1.74. The molecule has 3 heteroatoms. The second kappa shape index (κ2) is 2.79. The van der Waals surface area contributed by atoms with E-state index in [4.69, 9.17) is 5.84 Å². The lowest BCUT2D eigenvalue weighted by Crippen LogP contribution is -2.24. The summed E-state index contributed by atoms with van der Waals surface area (Å²) in [6, 6.07) is 7.85. The van der Waals surface area contributed by atoms with Crippen LogP contribution in [0.3, 0.4) is 0 Å². The first-order valence-corrected chi connectivity index (χ1v) is 3.72. The van der Waals surface area contributed by atoms with Gasteiger partial charge in [-0.05, 0) is 12.1 Å². The van der Waals surface area contributed by atoms with Crippen LogP contribution in [0, 0.1) is 0 Å². The first kappa shape index (κ1) is 7.06. The van der Waals surface area contributed by atoms with E-state index in [0.29, 0.717) is 0 Å². The van der Waals surface area contributed by atoms with E-state index in [1.807, 2.05) is 36.4 Å². The van der Waals surface area contributed by atoms with Crippen LogP contribution in [0.5, 0.6) is 0 Å². The van der Waals surface area contributed by atoms with E-state index in [1.54, 1.807) is 6.21 Å². The molecule has 0 aromatic heterocycles. The van der Waals surface area contributed by atoms with Gasteiger partial charge in [-0.2, -0.15) is 10.2 Å². The van der Waals surface area contributed by atoms with Crippen molar-refractivity contribution in [1.82, 2.24) is 0 Å². The number of nitrogens with two attached hydrogens (primary N) is 1. The predicted octanol–water partition coefficient (Wildman–Crippen LogP) is 1.38. The van der Waals surface area contributed by atoms with Crippen molar-refractivity contribution in [1.29, 1.82) is 0 Å². The summed E-state index contributed by atoms with van der Waals surface area (Å²) in [5.41, 5.74) is 2.00. The zero-order valence-electron chi connectivity index (χ0n) is 6.51. The Balaban J connectivity index is 2.56. The van der Waals surface area contributed by atoms with Crippen LogP contribution in [-0.2, 0) is 0 Å². The first-order chi connectivity index (χ1) is 5.88. The largest absolute Gasteiger partial charge is 0.226 e. The topological polar surface area (TPSA) is 41.6 Å². The Morgan fingerprint density at radius 1 is 1.25 bits per heavy atom. The molecule has 2 N–H and O–H groups in total. The van der Waals surface area contributed by atoms with Crippen LogP contribution < -0.4 is 11.0 Å². The van der Waals surface area contributed by atoms with Gasteiger partial charge in [0.25, 0.3) is 0 Å². The molecule has 0 radical (unpaired) electrons. The van der Waals surface area contributed by atoms with E-state index >= 15 is 0 Å². The van der Waals surface area contributed by atoms with Crippen LogP contribution in [0.4, 0.5) is 5.69 Å². The lowest BCUT2D eigenvalue weighted by atomic mass is 10.2. The highest BCUT2D eigenvalue weighted by Crippen LogP contribution is 2.20. The van der Waals surface area contributed by atoms with Crippen molar-refractivity contribution in [2.75, 3.05) is 5.12 Å². The molecule has 0 amide bonds. The van der Waals surface area contributed by atoms with Gasteiger partial charge in [-0.15, -0.1) is 0 Å². The minimum Gasteiger partial charge on any atom is -0.226 e. The van der Waals surface area contributed by atoms with Crippen molar-refractivity contribution < 1.29 is 0 Å². The average molecular weight is 159 g/mol. The maximum atomic E-state index is 5.64. The number of hydrazine groups is 1. The summed E-state index contributed by atoms with van der Waals surface area (Å²) in [5, 5.41) is 5.33. The van der Waals surface area contributed by atoms with Crippen molar-refractivity contribution in [3.05, 3.63) is 35.9 Å². The predicted molar refractivity (Wildman–Crippen MR) is 50.6 cm³/mol. The Morgan fingerprint density at radius 2 is 2.08 bits per heavy atom. The van der Waals surface area contributed by atoms with E-state index in [1.165, 1.54) is 5.12 Å². The van der Waals surface area contributed by atoms with Gasteiger partial charge in [0.15, 0.2) is 0 Å². The third-order valence-corrected chi connectivity index (χ3v) is 1.74. The lowest BCUT2D eigenvalue weighted by Gasteiger charge is -2.12. The molecule has 0 bridgehead atoms. The van der Waals surface area contributed by atoms with Gasteiger partial charge in [0.2, 0.25) is 0 Å². The summed E-state index contributed by atoms with van der Waals surface area (Å²) in [6.45, 7) is 0. The van der Waals surface area contributed by atoms with Gasteiger partial charge in [-0.3, -0.25) is 0 Å². The van der Waals surface area contributed by atoms with E-state index < -0.39 is 0 Å². The van der Waals surface area contributed by atoms with Crippen molar-refractivity contribution >= 4 is 18.0 Å². The number of nitrogens with zero attached hydrogens (tertiary/aromatic N) is 2. The minimum absolute atomic E-state index is 0.919. The van der Waals surface area contributed by atoms with Crippen molar-refractivity contribution in [2.45, 2.75) is 0 Å². The standard InChI is InChI=1S/C9H9N3/c10-12-9-6-2-1-4-8(9)5-3-7-11-12/h1-7H,10H2. The fourth-order valence-electron chi connectivity index (χ4n) is 1.16. The van der Waals surface area contributed by atoms with Crippen LogP contribution in [0.25, 0.3) is 6.08 Å². The highest BCUT2D eigenvalue weighted by molar-refractivity contribution is 5.84. The molecule has 1 aromatic carbocycles. The zero-order valence-corrected chi connectivity index (χ0v) is 6.51. The summed E-state index contributed by atoms with van der Waals surface area (Å²) >= 11 is 0. The summed E-state index contributed by atoms with van der Waals surface area (Å²) in [4.78, 5) is 0. The fraction of sp³-hybridized carbons (Fsp3) is 0. The molecular formula is C9H9N3. The van der Waals surface area contributed by atoms with Crippen LogP contribution in [0.2, 0.25) is 0 Å². The molecule has 0 fully saturated rings. The normalized spacial score (nSPS) is 14.2. The first-order valence-electron chi connectivity index (χ1n) is 3.72. The van der Waals surface area contributed by atoms with Crippen LogP contribution >= 0.6 is 0 Å². The Morgan fingerprint density at radius 3 is 3.00 bits per heavy atom. The van der Waals surface area contributed by atoms with Gasteiger partial charge < -0.3 is 0 Å². The van der Waals surface area contributed by atoms with E-state index in [2.05, 4.69) is 5.10 Å². The number of para-hydroxylation sites is 1. The van der Waals surface area contributed by atoms with Gasteiger partial charge in [-0.1, -0.05) is 24.3 Å². The summed E-state index contributed by atoms with van der Waals surface area (Å²) in [7, 11) is 0. The van der Waals surface area contributed by atoms with Gasteiger partial charge in [-0.25, -0.2) is 5.84 Å². The molecular weight excluding hydrogens is 150 g/mol. The van der Waals surface area contributed by atoms with E-state index in [9.17, 15) is 0 Å². The molecule has 0 atom stereocenters. The molecule has 3 nitrogen and oxygen atoms in total. The van der Waals surface area contributed by atoms with Gasteiger partial charge >= 0.3 is 0 Å². The Bertz CT molecular complexity index is 341.